The third kappa shape index (κ3) is 4.54. The monoisotopic (exact) mass is 323 g/mol. The van der Waals surface area contributed by atoms with E-state index < -0.39 is 0 Å². The van der Waals surface area contributed by atoms with E-state index in [2.05, 4.69) is 53.4 Å². The normalized spacial score (nSPS) is 10.9. The lowest BCUT2D eigenvalue weighted by molar-refractivity contribution is -0.116. The standard InChI is InChI=1S/C15H21N5O.ClH/c1-15(2,3)11-6-4-10(5-7-11)13-18-14(20-19-13)17-12(21)8-9-16;/h4-7H,8-9,16H2,1-3H3,(H2,17,18,19,20,21);1H. The first-order valence-corrected chi connectivity index (χ1v) is 6.93. The van der Waals surface area contributed by atoms with Gasteiger partial charge in [-0.3, -0.25) is 15.2 Å². The number of carbonyl (C=O) groups is 1. The Bertz CT molecular complexity index is 616. The van der Waals surface area contributed by atoms with Crippen molar-refractivity contribution in [1.29, 1.82) is 0 Å². The maximum absolute atomic E-state index is 11.4. The molecule has 0 radical (unpaired) electrons. The van der Waals surface area contributed by atoms with E-state index in [1.807, 2.05) is 12.1 Å². The number of hydrogen-bond donors (Lipinski definition) is 3. The number of benzene rings is 1. The number of nitrogens with zero attached hydrogens (tertiary/aromatic N) is 2. The van der Waals surface area contributed by atoms with E-state index in [-0.39, 0.29) is 36.1 Å². The van der Waals surface area contributed by atoms with Crippen LogP contribution in [0.15, 0.2) is 24.3 Å². The molecule has 2 rings (SSSR count). The zero-order valence-corrected chi connectivity index (χ0v) is 13.8. The first kappa shape index (κ1) is 18.1. The minimum atomic E-state index is -0.189. The molecule has 0 spiro atoms. The van der Waals surface area contributed by atoms with Crippen molar-refractivity contribution >= 4 is 24.3 Å². The lowest BCUT2D eigenvalue weighted by atomic mass is 9.87. The number of nitrogens with two attached hydrogens (primary N) is 1. The third-order valence-corrected chi connectivity index (χ3v) is 3.13. The molecule has 6 nitrogen and oxygen atoms in total. The van der Waals surface area contributed by atoms with Crippen LogP contribution in [0.4, 0.5) is 5.95 Å². The molecule has 120 valence electrons. The first-order chi connectivity index (χ1) is 9.90. The van der Waals surface area contributed by atoms with Crippen LogP contribution in [0.2, 0.25) is 0 Å². The van der Waals surface area contributed by atoms with Crippen LogP contribution in [-0.2, 0) is 10.2 Å². The number of aromatic amines is 1. The highest BCUT2D eigenvalue weighted by Crippen LogP contribution is 2.24. The molecular formula is C15H22ClN5O. The van der Waals surface area contributed by atoms with Gasteiger partial charge < -0.3 is 5.73 Å². The molecule has 22 heavy (non-hydrogen) atoms. The smallest absolute Gasteiger partial charge is 0.249 e. The van der Waals surface area contributed by atoms with Crippen LogP contribution in [0, 0.1) is 0 Å². The van der Waals surface area contributed by atoms with Crippen molar-refractivity contribution in [1.82, 2.24) is 15.2 Å². The topological polar surface area (TPSA) is 96.7 Å². The summed E-state index contributed by atoms with van der Waals surface area (Å²) in [5, 5.41) is 9.39. The van der Waals surface area contributed by atoms with Crippen molar-refractivity contribution < 1.29 is 4.79 Å². The van der Waals surface area contributed by atoms with E-state index >= 15 is 0 Å². The van der Waals surface area contributed by atoms with E-state index in [0.29, 0.717) is 12.4 Å². The fourth-order valence-corrected chi connectivity index (χ4v) is 1.89. The summed E-state index contributed by atoms with van der Waals surface area (Å²) in [5.74, 6) is 0.702. The van der Waals surface area contributed by atoms with Gasteiger partial charge in [0.1, 0.15) is 0 Å². The van der Waals surface area contributed by atoms with Crippen LogP contribution >= 0.6 is 12.4 Å². The Morgan fingerprint density at radius 1 is 1.27 bits per heavy atom. The molecule has 0 unspecified atom stereocenters. The summed E-state index contributed by atoms with van der Waals surface area (Å²) in [6.45, 7) is 6.81. The number of hydrogen-bond acceptors (Lipinski definition) is 4. The molecule has 1 aromatic carbocycles. The Morgan fingerprint density at radius 2 is 1.91 bits per heavy atom. The number of H-pyrrole nitrogens is 1. The predicted octanol–water partition coefficient (Wildman–Crippen LogP) is 2.48. The van der Waals surface area contributed by atoms with Crippen molar-refractivity contribution in [2.45, 2.75) is 32.6 Å². The lowest BCUT2D eigenvalue weighted by Gasteiger charge is -2.18. The van der Waals surface area contributed by atoms with E-state index in [0.717, 1.165) is 5.56 Å². The third-order valence-electron chi connectivity index (χ3n) is 3.13. The van der Waals surface area contributed by atoms with Gasteiger partial charge in [-0.25, -0.2) is 0 Å². The van der Waals surface area contributed by atoms with Gasteiger partial charge in [-0.1, -0.05) is 45.0 Å². The SMILES string of the molecule is CC(C)(C)c1ccc(-c2nc(NC(=O)CCN)n[nH]2)cc1.Cl. The first-order valence-electron chi connectivity index (χ1n) is 6.93. The maximum atomic E-state index is 11.4. The Kier molecular flexibility index (Phi) is 6.08. The Balaban J connectivity index is 0.00000242. The molecule has 0 atom stereocenters. The Labute approximate surface area is 136 Å². The number of halogens is 1. The average Bonchev–Trinajstić information content (AvgIpc) is 2.86. The molecule has 0 saturated heterocycles. The summed E-state index contributed by atoms with van der Waals surface area (Å²) in [5.41, 5.74) is 7.61. The number of aromatic nitrogens is 3. The second-order valence-corrected chi connectivity index (χ2v) is 5.92. The fraction of sp³-hybridized carbons (Fsp3) is 0.400. The van der Waals surface area contributed by atoms with Gasteiger partial charge in [-0.05, 0) is 11.0 Å². The number of rotatable bonds is 4. The van der Waals surface area contributed by atoms with Crippen molar-refractivity contribution in [3.63, 3.8) is 0 Å². The van der Waals surface area contributed by atoms with Gasteiger partial charge in [0.2, 0.25) is 11.9 Å². The highest BCUT2D eigenvalue weighted by Gasteiger charge is 2.14. The second-order valence-electron chi connectivity index (χ2n) is 5.92. The summed E-state index contributed by atoms with van der Waals surface area (Å²) in [6, 6.07) is 8.13. The van der Waals surface area contributed by atoms with Crippen LogP contribution in [0.3, 0.4) is 0 Å². The number of carbonyl (C=O) groups excluding carboxylic acids is 1. The summed E-state index contributed by atoms with van der Waals surface area (Å²) in [4.78, 5) is 15.7. The zero-order valence-electron chi connectivity index (χ0n) is 13.0. The van der Waals surface area contributed by atoms with Crippen LogP contribution < -0.4 is 11.1 Å². The molecule has 7 heteroatoms. The van der Waals surface area contributed by atoms with Crippen LogP contribution in [0.1, 0.15) is 32.8 Å². The molecule has 1 amide bonds. The predicted molar refractivity (Wildman–Crippen MR) is 90.1 cm³/mol. The molecule has 1 aromatic heterocycles. The van der Waals surface area contributed by atoms with E-state index in [9.17, 15) is 4.79 Å². The Hall–Kier alpha value is -1.92. The van der Waals surface area contributed by atoms with Gasteiger partial charge in [0.15, 0.2) is 5.82 Å². The minimum Gasteiger partial charge on any atom is -0.330 e. The Morgan fingerprint density at radius 3 is 2.45 bits per heavy atom. The molecule has 2 aromatic rings. The van der Waals surface area contributed by atoms with E-state index in [1.54, 1.807) is 0 Å². The highest BCUT2D eigenvalue weighted by molar-refractivity contribution is 5.89. The maximum Gasteiger partial charge on any atom is 0.249 e. The molecule has 0 saturated carbocycles. The average molecular weight is 324 g/mol. The van der Waals surface area contributed by atoms with Gasteiger partial charge in [0.25, 0.3) is 0 Å². The summed E-state index contributed by atoms with van der Waals surface area (Å²) >= 11 is 0. The summed E-state index contributed by atoms with van der Waals surface area (Å²) in [7, 11) is 0. The van der Waals surface area contributed by atoms with Crippen molar-refractivity contribution in [3.05, 3.63) is 29.8 Å². The molecule has 0 bridgehead atoms. The number of anilines is 1. The molecule has 4 N–H and O–H groups in total. The van der Waals surface area contributed by atoms with Gasteiger partial charge in [-0.2, -0.15) is 4.98 Å². The summed E-state index contributed by atoms with van der Waals surface area (Å²) < 4.78 is 0. The molecule has 0 aliphatic heterocycles. The highest BCUT2D eigenvalue weighted by atomic mass is 35.5. The van der Waals surface area contributed by atoms with Crippen LogP contribution in [0.5, 0.6) is 0 Å². The van der Waals surface area contributed by atoms with Gasteiger partial charge in [0, 0.05) is 18.5 Å². The van der Waals surface area contributed by atoms with Crippen LogP contribution in [-0.4, -0.2) is 27.6 Å². The lowest BCUT2D eigenvalue weighted by Crippen LogP contribution is -2.16. The van der Waals surface area contributed by atoms with E-state index in [4.69, 9.17) is 5.73 Å². The molecular weight excluding hydrogens is 302 g/mol. The van der Waals surface area contributed by atoms with Gasteiger partial charge >= 0.3 is 0 Å². The van der Waals surface area contributed by atoms with Crippen molar-refractivity contribution in [3.8, 4) is 11.4 Å². The zero-order chi connectivity index (χ0) is 15.5. The van der Waals surface area contributed by atoms with E-state index in [1.165, 1.54) is 5.56 Å². The largest absolute Gasteiger partial charge is 0.330 e. The molecule has 0 fully saturated rings. The number of nitrogens with one attached hydrogen (secondary N) is 2. The van der Waals surface area contributed by atoms with Crippen LogP contribution in [0.25, 0.3) is 11.4 Å². The molecule has 0 aliphatic rings. The van der Waals surface area contributed by atoms with Crippen molar-refractivity contribution in [2.75, 3.05) is 11.9 Å². The quantitative estimate of drug-likeness (QED) is 0.805. The van der Waals surface area contributed by atoms with Gasteiger partial charge in [0.05, 0.1) is 0 Å². The number of amides is 1. The summed E-state index contributed by atoms with van der Waals surface area (Å²) in [6.07, 6.45) is 0.254. The fourth-order valence-electron chi connectivity index (χ4n) is 1.89. The minimum absolute atomic E-state index is 0. The van der Waals surface area contributed by atoms with Gasteiger partial charge in [-0.15, -0.1) is 17.5 Å². The van der Waals surface area contributed by atoms with Crippen molar-refractivity contribution in [2.24, 2.45) is 5.73 Å². The molecule has 1 heterocycles. The molecule has 0 aliphatic carbocycles. The second kappa shape index (κ2) is 7.38.